The number of piperidine rings is 1. The quantitative estimate of drug-likeness (QED) is 0.884. The van der Waals surface area contributed by atoms with Gasteiger partial charge in [-0.2, -0.15) is 11.3 Å². The highest BCUT2D eigenvalue weighted by Crippen LogP contribution is 2.23. The number of aryl methyl sites for hydroxylation is 1. The zero-order valence-corrected chi connectivity index (χ0v) is 11.4. The Morgan fingerprint density at radius 1 is 1.29 bits per heavy atom. The predicted molar refractivity (Wildman–Crippen MR) is 73.5 cm³/mol. The van der Waals surface area contributed by atoms with Crippen molar-refractivity contribution in [1.29, 1.82) is 0 Å². The Hall–Kier alpha value is -0.380. The average molecular weight is 250 g/mol. The molecule has 3 heteroatoms. The van der Waals surface area contributed by atoms with Crippen LogP contribution in [0.4, 0.5) is 0 Å². The number of nitrogens with one attached hydrogen (secondary N) is 1. The topological polar surface area (TPSA) is 15.3 Å². The molecular weight excluding hydrogens is 228 g/mol. The molecular formula is C14H22N2S. The largest absolute Gasteiger partial charge is 0.310 e. The Labute approximate surface area is 108 Å². The molecule has 0 spiro atoms. The van der Waals surface area contributed by atoms with Gasteiger partial charge in [0.15, 0.2) is 0 Å². The molecule has 1 aromatic rings. The van der Waals surface area contributed by atoms with E-state index in [9.17, 15) is 0 Å². The summed E-state index contributed by atoms with van der Waals surface area (Å²) in [4.78, 5) is 2.62. The second-order valence-corrected chi connectivity index (χ2v) is 6.34. The summed E-state index contributed by atoms with van der Waals surface area (Å²) < 4.78 is 0. The van der Waals surface area contributed by atoms with Crippen molar-refractivity contribution in [1.82, 2.24) is 10.2 Å². The van der Waals surface area contributed by atoms with Crippen molar-refractivity contribution >= 4 is 11.3 Å². The number of likely N-dealkylation sites (tertiary alicyclic amines) is 1. The van der Waals surface area contributed by atoms with E-state index in [1.807, 2.05) is 11.3 Å². The van der Waals surface area contributed by atoms with Crippen LogP contribution in [-0.4, -0.2) is 30.1 Å². The monoisotopic (exact) mass is 250 g/mol. The molecule has 0 radical (unpaired) electrons. The number of nitrogens with zero attached hydrogens (tertiary/aromatic N) is 1. The molecule has 1 aromatic heterocycles. The molecule has 0 amide bonds. The summed E-state index contributed by atoms with van der Waals surface area (Å²) in [6.45, 7) is 5.90. The number of thiophene rings is 1. The molecule has 0 aromatic carbocycles. The molecule has 3 rings (SSSR count). The lowest BCUT2D eigenvalue weighted by Gasteiger charge is -2.33. The van der Waals surface area contributed by atoms with E-state index < -0.39 is 0 Å². The number of hydrogen-bond acceptors (Lipinski definition) is 3. The van der Waals surface area contributed by atoms with E-state index >= 15 is 0 Å². The molecule has 2 heterocycles. The van der Waals surface area contributed by atoms with Gasteiger partial charge in [-0.1, -0.05) is 0 Å². The van der Waals surface area contributed by atoms with E-state index in [1.165, 1.54) is 49.9 Å². The van der Waals surface area contributed by atoms with Crippen LogP contribution in [0.25, 0.3) is 0 Å². The standard InChI is InChI=1S/C14H22N2S/c1-11-9-17-10-12(11)7-16-6-2-3-14(8-16)15-13-4-5-13/h9-10,13-15H,2-8H2,1H3. The Kier molecular flexibility index (Phi) is 3.50. The van der Waals surface area contributed by atoms with Crippen LogP contribution in [0.2, 0.25) is 0 Å². The first-order valence-electron chi connectivity index (χ1n) is 6.81. The Bertz CT molecular complexity index is 370. The van der Waals surface area contributed by atoms with Crippen LogP contribution in [0.1, 0.15) is 36.8 Å². The van der Waals surface area contributed by atoms with Gasteiger partial charge >= 0.3 is 0 Å². The van der Waals surface area contributed by atoms with Crippen molar-refractivity contribution in [3.8, 4) is 0 Å². The van der Waals surface area contributed by atoms with E-state index in [0.717, 1.165) is 18.6 Å². The van der Waals surface area contributed by atoms with Crippen LogP contribution >= 0.6 is 11.3 Å². The maximum absolute atomic E-state index is 3.78. The van der Waals surface area contributed by atoms with Gasteiger partial charge in [-0.15, -0.1) is 0 Å². The first-order chi connectivity index (χ1) is 8.31. The zero-order chi connectivity index (χ0) is 11.7. The summed E-state index contributed by atoms with van der Waals surface area (Å²) in [5, 5.41) is 8.35. The first-order valence-corrected chi connectivity index (χ1v) is 7.75. The van der Waals surface area contributed by atoms with Crippen LogP contribution < -0.4 is 5.32 Å². The molecule has 2 nitrogen and oxygen atoms in total. The molecule has 1 aliphatic carbocycles. The second-order valence-electron chi connectivity index (χ2n) is 5.60. The van der Waals surface area contributed by atoms with Gasteiger partial charge in [0.25, 0.3) is 0 Å². The van der Waals surface area contributed by atoms with Gasteiger partial charge in [-0.3, -0.25) is 4.90 Å². The van der Waals surface area contributed by atoms with Crippen LogP contribution in [0.5, 0.6) is 0 Å². The molecule has 1 atom stereocenters. The van der Waals surface area contributed by atoms with Gasteiger partial charge in [0.2, 0.25) is 0 Å². The summed E-state index contributed by atoms with van der Waals surface area (Å²) in [6, 6.07) is 1.60. The third-order valence-electron chi connectivity index (χ3n) is 3.91. The molecule has 2 aliphatic rings. The van der Waals surface area contributed by atoms with Gasteiger partial charge < -0.3 is 5.32 Å². The summed E-state index contributed by atoms with van der Waals surface area (Å²) >= 11 is 1.83. The fourth-order valence-corrected chi connectivity index (χ4v) is 3.56. The Balaban J connectivity index is 1.54. The van der Waals surface area contributed by atoms with Crippen molar-refractivity contribution in [2.45, 2.75) is 51.2 Å². The lowest BCUT2D eigenvalue weighted by Crippen LogP contribution is -2.46. The van der Waals surface area contributed by atoms with Crippen molar-refractivity contribution in [2.75, 3.05) is 13.1 Å². The minimum absolute atomic E-state index is 0.746. The lowest BCUT2D eigenvalue weighted by atomic mass is 10.0. The van der Waals surface area contributed by atoms with Gasteiger partial charge in [-0.25, -0.2) is 0 Å². The number of hydrogen-bond donors (Lipinski definition) is 1. The van der Waals surface area contributed by atoms with Crippen molar-refractivity contribution in [2.24, 2.45) is 0 Å². The molecule has 17 heavy (non-hydrogen) atoms. The Morgan fingerprint density at radius 3 is 2.88 bits per heavy atom. The van der Waals surface area contributed by atoms with Crippen molar-refractivity contribution in [3.63, 3.8) is 0 Å². The molecule has 1 N–H and O–H groups in total. The van der Waals surface area contributed by atoms with E-state index in [-0.39, 0.29) is 0 Å². The predicted octanol–water partition coefficient (Wildman–Crippen LogP) is 2.77. The normalized spacial score (nSPS) is 26.3. The minimum Gasteiger partial charge on any atom is -0.310 e. The smallest absolute Gasteiger partial charge is 0.0245 e. The van der Waals surface area contributed by atoms with Gasteiger partial charge in [0.1, 0.15) is 0 Å². The molecule has 1 aliphatic heterocycles. The third-order valence-corrected chi connectivity index (χ3v) is 4.82. The fourth-order valence-electron chi connectivity index (χ4n) is 2.71. The number of rotatable bonds is 4. The maximum Gasteiger partial charge on any atom is 0.0245 e. The van der Waals surface area contributed by atoms with Gasteiger partial charge in [0, 0.05) is 25.2 Å². The van der Waals surface area contributed by atoms with E-state index in [2.05, 4.69) is 27.9 Å². The van der Waals surface area contributed by atoms with Gasteiger partial charge in [0.05, 0.1) is 0 Å². The van der Waals surface area contributed by atoms with Crippen LogP contribution in [0.15, 0.2) is 10.8 Å². The zero-order valence-electron chi connectivity index (χ0n) is 10.6. The molecule has 0 bridgehead atoms. The van der Waals surface area contributed by atoms with Crippen LogP contribution in [-0.2, 0) is 6.54 Å². The average Bonchev–Trinajstić information content (AvgIpc) is 3.04. The lowest BCUT2D eigenvalue weighted by molar-refractivity contribution is 0.182. The minimum atomic E-state index is 0.746. The van der Waals surface area contributed by atoms with Crippen molar-refractivity contribution in [3.05, 3.63) is 21.9 Å². The van der Waals surface area contributed by atoms with Crippen LogP contribution in [0, 0.1) is 6.92 Å². The molecule has 1 saturated heterocycles. The summed E-state index contributed by atoms with van der Waals surface area (Å²) in [6.07, 6.45) is 5.53. The van der Waals surface area contributed by atoms with Gasteiger partial charge in [-0.05, 0) is 61.0 Å². The highest BCUT2D eigenvalue weighted by molar-refractivity contribution is 7.08. The second kappa shape index (κ2) is 5.09. The third kappa shape index (κ3) is 3.09. The molecule has 94 valence electrons. The first kappa shape index (κ1) is 11.7. The highest BCUT2D eigenvalue weighted by atomic mass is 32.1. The maximum atomic E-state index is 3.78. The van der Waals surface area contributed by atoms with E-state index in [0.29, 0.717) is 0 Å². The van der Waals surface area contributed by atoms with Crippen molar-refractivity contribution < 1.29 is 0 Å². The summed E-state index contributed by atoms with van der Waals surface area (Å²) in [7, 11) is 0. The highest BCUT2D eigenvalue weighted by Gasteiger charge is 2.27. The van der Waals surface area contributed by atoms with E-state index in [4.69, 9.17) is 0 Å². The van der Waals surface area contributed by atoms with E-state index in [1.54, 1.807) is 0 Å². The molecule has 1 saturated carbocycles. The van der Waals surface area contributed by atoms with Crippen LogP contribution in [0.3, 0.4) is 0 Å². The summed E-state index contributed by atoms with van der Waals surface area (Å²) in [5.74, 6) is 0. The fraction of sp³-hybridized carbons (Fsp3) is 0.714. The summed E-state index contributed by atoms with van der Waals surface area (Å²) in [5.41, 5.74) is 2.99. The SMILES string of the molecule is Cc1cscc1CN1CCCC(NC2CC2)C1. The Morgan fingerprint density at radius 2 is 2.18 bits per heavy atom. The molecule has 2 fully saturated rings. The molecule has 1 unspecified atom stereocenters.